The molecule has 26 heavy (non-hydrogen) atoms. The number of nitrogens with zero attached hydrogens (tertiary/aromatic N) is 2. The first-order chi connectivity index (χ1) is 12.1. The lowest BCUT2D eigenvalue weighted by molar-refractivity contribution is 0.0697. The third-order valence-corrected chi connectivity index (χ3v) is 3.91. The lowest BCUT2D eigenvalue weighted by Crippen LogP contribution is -2.03. The monoisotopic (exact) mass is 390 g/mol. The van der Waals surface area contributed by atoms with Crippen LogP contribution in [0.3, 0.4) is 0 Å². The minimum atomic E-state index is -0.968. The van der Waals surface area contributed by atoms with Crippen molar-refractivity contribution in [3.05, 3.63) is 65.3 Å². The minimum absolute atomic E-state index is 0. The van der Waals surface area contributed by atoms with Gasteiger partial charge in [0.1, 0.15) is 5.82 Å². The van der Waals surface area contributed by atoms with E-state index in [1.807, 2.05) is 24.3 Å². The summed E-state index contributed by atoms with van der Waals surface area (Å²) in [7, 11) is 1.77. The summed E-state index contributed by atoms with van der Waals surface area (Å²) in [5.41, 5.74) is 2.54. The predicted octanol–water partition coefficient (Wildman–Crippen LogP) is 4.70. The van der Waals surface area contributed by atoms with Gasteiger partial charge in [-0.3, -0.25) is 0 Å². The molecule has 0 atom stereocenters. The summed E-state index contributed by atoms with van der Waals surface area (Å²) in [5.74, 6) is 0.0559. The van der Waals surface area contributed by atoms with Crippen LogP contribution in [-0.4, -0.2) is 28.1 Å². The maximum atomic E-state index is 10.9. The molecule has 1 aromatic heterocycles. The van der Waals surface area contributed by atoms with E-state index >= 15 is 0 Å². The average Bonchev–Trinajstić information content (AvgIpc) is 2.63. The molecule has 134 valence electrons. The van der Waals surface area contributed by atoms with Crippen molar-refractivity contribution >= 4 is 47.4 Å². The summed E-state index contributed by atoms with van der Waals surface area (Å²) in [6.07, 6.45) is 1.69. The highest BCUT2D eigenvalue weighted by atomic mass is 35.5. The van der Waals surface area contributed by atoms with Crippen LogP contribution in [-0.2, 0) is 0 Å². The average molecular weight is 391 g/mol. The lowest BCUT2D eigenvalue weighted by Gasteiger charge is -2.12. The van der Waals surface area contributed by atoms with Gasteiger partial charge in [-0.05, 0) is 30.3 Å². The fourth-order valence-electron chi connectivity index (χ4n) is 2.33. The number of nitrogens with one attached hydrogen (secondary N) is 2. The number of carboxylic acids is 1. The fraction of sp³-hybridized carbons (Fsp3) is 0.0556. The van der Waals surface area contributed by atoms with Crippen molar-refractivity contribution in [2.24, 2.45) is 0 Å². The Labute approximate surface area is 161 Å². The van der Waals surface area contributed by atoms with E-state index < -0.39 is 5.97 Å². The predicted molar refractivity (Wildman–Crippen MR) is 106 cm³/mol. The Morgan fingerprint density at radius 3 is 2.38 bits per heavy atom. The Hall–Kier alpha value is -2.83. The summed E-state index contributed by atoms with van der Waals surface area (Å²) in [4.78, 5) is 19.7. The first-order valence-corrected chi connectivity index (χ1v) is 7.86. The highest BCUT2D eigenvalue weighted by Gasteiger charge is 2.11. The Bertz CT molecular complexity index is 917. The highest BCUT2D eigenvalue weighted by molar-refractivity contribution is 6.33. The molecule has 6 nitrogen and oxygen atoms in total. The summed E-state index contributed by atoms with van der Waals surface area (Å²) >= 11 is 6.25. The maximum absolute atomic E-state index is 10.9. The highest BCUT2D eigenvalue weighted by Crippen LogP contribution is 2.32. The van der Waals surface area contributed by atoms with Crippen molar-refractivity contribution in [2.45, 2.75) is 0 Å². The molecule has 3 rings (SSSR count). The van der Waals surface area contributed by atoms with E-state index in [9.17, 15) is 4.79 Å². The first-order valence-electron chi connectivity index (χ1n) is 7.48. The molecule has 0 bridgehead atoms. The Kier molecular flexibility index (Phi) is 6.38. The zero-order chi connectivity index (χ0) is 17.8. The fourth-order valence-corrected chi connectivity index (χ4v) is 2.57. The second kappa shape index (κ2) is 8.51. The largest absolute Gasteiger partial charge is 0.478 e. The maximum Gasteiger partial charge on any atom is 0.335 e. The quantitative estimate of drug-likeness (QED) is 0.584. The second-order valence-corrected chi connectivity index (χ2v) is 5.60. The molecule has 0 amide bonds. The van der Waals surface area contributed by atoms with Gasteiger partial charge in [0.25, 0.3) is 0 Å². The van der Waals surface area contributed by atoms with Gasteiger partial charge in [-0.1, -0.05) is 29.8 Å². The Balaban J connectivity index is 0.00000243. The summed E-state index contributed by atoms with van der Waals surface area (Å²) in [5, 5.41) is 15.6. The molecule has 3 aromatic rings. The van der Waals surface area contributed by atoms with Gasteiger partial charge in [-0.15, -0.1) is 12.4 Å². The molecule has 3 N–H and O–H groups in total. The molecular weight excluding hydrogens is 375 g/mol. The molecule has 0 spiro atoms. The normalized spacial score (nSPS) is 9.92. The van der Waals surface area contributed by atoms with Gasteiger partial charge in [0.2, 0.25) is 5.95 Å². The van der Waals surface area contributed by atoms with Crippen LogP contribution in [0.5, 0.6) is 0 Å². The van der Waals surface area contributed by atoms with Gasteiger partial charge in [0.05, 0.1) is 5.56 Å². The van der Waals surface area contributed by atoms with Gasteiger partial charge in [-0.25, -0.2) is 9.78 Å². The molecule has 0 aliphatic rings. The number of aromatic carboxylic acids is 1. The number of rotatable bonds is 5. The van der Waals surface area contributed by atoms with E-state index in [1.54, 1.807) is 25.4 Å². The number of hydrogen-bond donors (Lipinski definition) is 3. The number of benzene rings is 2. The van der Waals surface area contributed by atoms with Crippen molar-refractivity contribution in [2.75, 3.05) is 17.7 Å². The van der Waals surface area contributed by atoms with E-state index in [1.165, 1.54) is 12.1 Å². The molecule has 1 heterocycles. The number of anilines is 3. The topological polar surface area (TPSA) is 87.1 Å². The molecule has 0 saturated carbocycles. The van der Waals surface area contributed by atoms with Crippen molar-refractivity contribution in [3.8, 4) is 11.1 Å². The number of carboxylic acid groups (broad SMARTS) is 1. The standard InChI is InChI=1S/C18H15ClN4O2.ClH/c1-20-16-14(13-4-2-3-5-15(13)19)10-21-18(23-16)22-12-8-6-11(7-9-12)17(24)25;/h2-10H,1H3,(H,24,25)(H2,20,21,22,23);1H. The van der Waals surface area contributed by atoms with Gasteiger partial charge in [-0.2, -0.15) is 4.98 Å². The van der Waals surface area contributed by atoms with Crippen LogP contribution in [0.4, 0.5) is 17.5 Å². The van der Waals surface area contributed by atoms with E-state index in [-0.39, 0.29) is 18.0 Å². The second-order valence-electron chi connectivity index (χ2n) is 5.19. The van der Waals surface area contributed by atoms with Crippen molar-refractivity contribution in [1.29, 1.82) is 0 Å². The third-order valence-electron chi connectivity index (χ3n) is 3.58. The third kappa shape index (κ3) is 4.22. The van der Waals surface area contributed by atoms with Gasteiger partial charge in [0.15, 0.2) is 0 Å². The molecule has 2 aromatic carbocycles. The van der Waals surface area contributed by atoms with Crippen LogP contribution in [0.2, 0.25) is 5.02 Å². The Morgan fingerprint density at radius 2 is 1.77 bits per heavy atom. The number of aromatic nitrogens is 2. The van der Waals surface area contributed by atoms with E-state index in [0.717, 1.165) is 11.1 Å². The molecule has 8 heteroatoms. The van der Waals surface area contributed by atoms with Crippen LogP contribution in [0, 0.1) is 0 Å². The van der Waals surface area contributed by atoms with Crippen LogP contribution in [0.25, 0.3) is 11.1 Å². The SMILES string of the molecule is CNc1nc(Nc2ccc(C(=O)O)cc2)ncc1-c1ccccc1Cl.Cl. The molecular formula is C18H16Cl2N4O2. The molecule has 0 unspecified atom stereocenters. The van der Waals surface area contributed by atoms with Gasteiger partial charge < -0.3 is 15.7 Å². The van der Waals surface area contributed by atoms with Crippen LogP contribution < -0.4 is 10.6 Å². The van der Waals surface area contributed by atoms with Crippen molar-refractivity contribution in [1.82, 2.24) is 9.97 Å². The van der Waals surface area contributed by atoms with Crippen LogP contribution in [0.15, 0.2) is 54.7 Å². The zero-order valence-corrected chi connectivity index (χ0v) is 15.3. The molecule has 0 radical (unpaired) electrons. The molecule has 0 aliphatic carbocycles. The van der Waals surface area contributed by atoms with Crippen molar-refractivity contribution in [3.63, 3.8) is 0 Å². The first kappa shape index (κ1) is 19.5. The van der Waals surface area contributed by atoms with Crippen molar-refractivity contribution < 1.29 is 9.90 Å². The van der Waals surface area contributed by atoms with Crippen LogP contribution in [0.1, 0.15) is 10.4 Å². The molecule has 0 saturated heterocycles. The minimum Gasteiger partial charge on any atom is -0.478 e. The molecule has 0 aliphatic heterocycles. The van der Waals surface area contributed by atoms with E-state index in [4.69, 9.17) is 16.7 Å². The number of halogens is 2. The smallest absolute Gasteiger partial charge is 0.335 e. The van der Waals surface area contributed by atoms with Gasteiger partial charge in [0, 0.05) is 35.1 Å². The summed E-state index contributed by atoms with van der Waals surface area (Å²) < 4.78 is 0. The molecule has 0 fully saturated rings. The number of hydrogen-bond acceptors (Lipinski definition) is 5. The summed E-state index contributed by atoms with van der Waals surface area (Å²) in [6, 6.07) is 13.8. The zero-order valence-electron chi connectivity index (χ0n) is 13.7. The summed E-state index contributed by atoms with van der Waals surface area (Å²) in [6.45, 7) is 0. The lowest BCUT2D eigenvalue weighted by atomic mass is 10.1. The Morgan fingerprint density at radius 1 is 1.08 bits per heavy atom. The van der Waals surface area contributed by atoms with Gasteiger partial charge >= 0.3 is 5.97 Å². The van der Waals surface area contributed by atoms with E-state index in [0.29, 0.717) is 22.5 Å². The van der Waals surface area contributed by atoms with E-state index in [2.05, 4.69) is 20.6 Å². The number of carbonyl (C=O) groups is 1. The van der Waals surface area contributed by atoms with Crippen LogP contribution >= 0.6 is 24.0 Å².